The summed E-state index contributed by atoms with van der Waals surface area (Å²) in [6.07, 6.45) is 3.16. The average molecular weight is 266 g/mol. The monoisotopic (exact) mass is 266 g/mol. The maximum absolute atomic E-state index is 11.3. The molecule has 0 aliphatic carbocycles. The van der Waals surface area contributed by atoms with E-state index in [-0.39, 0.29) is 17.7 Å². The molecular weight excluding hydrogens is 256 g/mol. The lowest BCUT2D eigenvalue weighted by Gasteiger charge is -1.98. The van der Waals surface area contributed by atoms with Gasteiger partial charge in [-0.1, -0.05) is 5.10 Å². The molecule has 94 valence electrons. The fraction of sp³-hybridized carbons (Fsp3) is 0.300. The molecule has 0 spiro atoms. The van der Waals surface area contributed by atoms with Crippen molar-refractivity contribution < 1.29 is 13.9 Å². The normalized spacial score (nSPS) is 10.3. The zero-order chi connectivity index (χ0) is 13.0. The van der Waals surface area contributed by atoms with Gasteiger partial charge in [0.25, 0.3) is 5.22 Å². The van der Waals surface area contributed by atoms with Crippen LogP contribution in [-0.2, 0) is 4.74 Å². The van der Waals surface area contributed by atoms with Crippen molar-refractivity contribution in [3.8, 4) is 0 Å². The summed E-state index contributed by atoms with van der Waals surface area (Å²) in [5.41, 5.74) is 0.749. The highest BCUT2D eigenvalue weighted by atomic mass is 32.2. The number of rotatable bonds is 4. The van der Waals surface area contributed by atoms with Crippen LogP contribution < -0.4 is 0 Å². The minimum atomic E-state index is -0.632. The van der Waals surface area contributed by atoms with E-state index >= 15 is 0 Å². The number of carbonyl (C=O) groups is 1. The van der Waals surface area contributed by atoms with E-state index in [1.807, 2.05) is 6.92 Å². The molecule has 18 heavy (non-hydrogen) atoms. The first-order valence-electron chi connectivity index (χ1n) is 5.16. The van der Waals surface area contributed by atoms with E-state index < -0.39 is 5.97 Å². The molecule has 8 heteroatoms. The molecule has 2 aromatic heterocycles. The van der Waals surface area contributed by atoms with Crippen LogP contribution in [0.1, 0.15) is 23.3 Å². The lowest BCUT2D eigenvalue weighted by atomic mass is 10.5. The van der Waals surface area contributed by atoms with E-state index in [4.69, 9.17) is 9.15 Å². The molecule has 0 aliphatic heterocycles. The molecule has 0 N–H and O–H groups in total. The smallest absolute Gasteiger partial charge is 0.396 e. The summed E-state index contributed by atoms with van der Waals surface area (Å²) in [6, 6.07) is 0. The molecule has 2 heterocycles. The standard InChI is InChI=1S/C10H10N4O3S/c1-3-16-9(15)7-13-14-10(17-7)18-8-6(2)11-4-5-12-8/h4-5H,3H2,1-2H3. The highest BCUT2D eigenvalue weighted by Crippen LogP contribution is 2.26. The number of ether oxygens (including phenoxy) is 1. The van der Waals surface area contributed by atoms with Crippen molar-refractivity contribution in [3.05, 3.63) is 24.0 Å². The minimum absolute atomic E-state index is 0.166. The quantitative estimate of drug-likeness (QED) is 0.769. The second kappa shape index (κ2) is 5.58. The zero-order valence-corrected chi connectivity index (χ0v) is 10.6. The third-order valence-corrected chi connectivity index (χ3v) is 2.81. The Hall–Kier alpha value is -1.96. The molecule has 0 saturated heterocycles. The van der Waals surface area contributed by atoms with Crippen LogP contribution in [0.5, 0.6) is 0 Å². The molecule has 7 nitrogen and oxygen atoms in total. The Balaban J connectivity index is 2.12. The van der Waals surface area contributed by atoms with E-state index in [0.29, 0.717) is 5.03 Å². The second-order valence-corrected chi connectivity index (χ2v) is 4.08. The summed E-state index contributed by atoms with van der Waals surface area (Å²) < 4.78 is 9.90. The molecule has 0 atom stereocenters. The maximum Gasteiger partial charge on any atom is 0.396 e. The van der Waals surface area contributed by atoms with Gasteiger partial charge in [-0.15, -0.1) is 5.10 Å². The lowest BCUT2D eigenvalue weighted by Crippen LogP contribution is -2.04. The predicted octanol–water partition coefficient (Wildman–Crippen LogP) is 1.50. The Morgan fingerprint density at radius 1 is 1.39 bits per heavy atom. The van der Waals surface area contributed by atoms with Gasteiger partial charge in [0.15, 0.2) is 0 Å². The molecule has 0 radical (unpaired) electrons. The van der Waals surface area contributed by atoms with Crippen molar-refractivity contribution in [2.45, 2.75) is 24.1 Å². The van der Waals surface area contributed by atoms with Gasteiger partial charge in [-0.2, -0.15) is 0 Å². The molecule has 0 amide bonds. The van der Waals surface area contributed by atoms with Crippen molar-refractivity contribution >= 4 is 17.7 Å². The molecular formula is C10H10N4O3S. The first-order valence-corrected chi connectivity index (χ1v) is 5.98. The van der Waals surface area contributed by atoms with Gasteiger partial charge in [0.2, 0.25) is 0 Å². The summed E-state index contributed by atoms with van der Waals surface area (Å²) >= 11 is 1.15. The Morgan fingerprint density at radius 3 is 2.89 bits per heavy atom. The highest BCUT2D eigenvalue weighted by molar-refractivity contribution is 7.99. The van der Waals surface area contributed by atoms with Gasteiger partial charge in [0.1, 0.15) is 5.03 Å². The number of aryl methyl sites for hydroxylation is 1. The largest absolute Gasteiger partial charge is 0.459 e. The lowest BCUT2D eigenvalue weighted by molar-refractivity contribution is 0.0475. The molecule has 2 rings (SSSR count). The SMILES string of the molecule is CCOC(=O)c1nnc(Sc2nccnc2C)o1. The molecule has 0 unspecified atom stereocenters. The summed E-state index contributed by atoms with van der Waals surface area (Å²) in [5.74, 6) is -0.798. The Bertz CT molecular complexity index is 558. The first-order chi connectivity index (χ1) is 8.70. The van der Waals surface area contributed by atoms with Crippen molar-refractivity contribution in [2.75, 3.05) is 6.61 Å². The summed E-state index contributed by atoms with van der Waals surface area (Å²) in [5, 5.41) is 8.21. The number of hydrogen-bond donors (Lipinski definition) is 0. The van der Waals surface area contributed by atoms with Crippen LogP contribution in [0.2, 0.25) is 0 Å². The van der Waals surface area contributed by atoms with Crippen LogP contribution in [0.4, 0.5) is 0 Å². The van der Waals surface area contributed by atoms with Gasteiger partial charge in [-0.25, -0.2) is 9.78 Å². The number of aromatic nitrogens is 4. The summed E-state index contributed by atoms with van der Waals surface area (Å²) in [4.78, 5) is 19.5. The van der Waals surface area contributed by atoms with Crippen LogP contribution in [0.15, 0.2) is 27.1 Å². The number of carbonyl (C=O) groups excluding carboxylic acids is 1. The molecule has 2 aromatic rings. The fourth-order valence-electron chi connectivity index (χ4n) is 1.10. The van der Waals surface area contributed by atoms with Gasteiger partial charge < -0.3 is 9.15 Å². The van der Waals surface area contributed by atoms with Crippen molar-refractivity contribution in [2.24, 2.45) is 0 Å². The van der Waals surface area contributed by atoms with Gasteiger partial charge in [0, 0.05) is 12.4 Å². The minimum Gasteiger partial charge on any atom is -0.459 e. The molecule has 0 fully saturated rings. The number of nitrogens with zero attached hydrogens (tertiary/aromatic N) is 4. The van der Waals surface area contributed by atoms with E-state index in [9.17, 15) is 4.79 Å². The number of hydrogen-bond acceptors (Lipinski definition) is 8. The van der Waals surface area contributed by atoms with E-state index in [0.717, 1.165) is 17.5 Å². The fourth-order valence-corrected chi connectivity index (χ4v) is 1.79. The van der Waals surface area contributed by atoms with Crippen LogP contribution >= 0.6 is 11.8 Å². The third kappa shape index (κ3) is 2.83. The van der Waals surface area contributed by atoms with Crippen molar-refractivity contribution in [1.82, 2.24) is 20.2 Å². The van der Waals surface area contributed by atoms with Gasteiger partial charge in [-0.05, 0) is 25.6 Å². The Kier molecular flexibility index (Phi) is 3.88. The molecule has 0 aliphatic rings. The Morgan fingerprint density at radius 2 is 2.17 bits per heavy atom. The van der Waals surface area contributed by atoms with Gasteiger partial charge in [0.05, 0.1) is 12.3 Å². The first kappa shape index (κ1) is 12.5. The van der Waals surface area contributed by atoms with Crippen LogP contribution in [0.3, 0.4) is 0 Å². The summed E-state index contributed by atoms with van der Waals surface area (Å²) in [6.45, 7) is 3.78. The molecule has 0 bridgehead atoms. The van der Waals surface area contributed by atoms with Crippen LogP contribution in [0.25, 0.3) is 0 Å². The zero-order valence-electron chi connectivity index (χ0n) is 9.78. The Labute approximate surface area is 107 Å². The highest BCUT2D eigenvalue weighted by Gasteiger charge is 2.17. The van der Waals surface area contributed by atoms with E-state index in [2.05, 4.69) is 20.2 Å². The van der Waals surface area contributed by atoms with Crippen molar-refractivity contribution in [3.63, 3.8) is 0 Å². The van der Waals surface area contributed by atoms with E-state index in [1.54, 1.807) is 19.3 Å². The summed E-state index contributed by atoms with van der Waals surface area (Å²) in [7, 11) is 0. The molecule has 0 saturated carbocycles. The number of esters is 1. The van der Waals surface area contributed by atoms with Gasteiger partial charge >= 0.3 is 11.9 Å². The van der Waals surface area contributed by atoms with Crippen molar-refractivity contribution in [1.29, 1.82) is 0 Å². The molecule has 0 aromatic carbocycles. The van der Waals surface area contributed by atoms with Crippen LogP contribution in [-0.4, -0.2) is 32.7 Å². The predicted molar refractivity (Wildman–Crippen MR) is 61.1 cm³/mol. The maximum atomic E-state index is 11.3. The third-order valence-electron chi connectivity index (χ3n) is 1.88. The topological polar surface area (TPSA) is 91.0 Å². The average Bonchev–Trinajstić information content (AvgIpc) is 2.81. The van der Waals surface area contributed by atoms with Gasteiger partial charge in [-0.3, -0.25) is 4.98 Å². The second-order valence-electron chi connectivity index (χ2n) is 3.14. The van der Waals surface area contributed by atoms with Crippen LogP contribution in [0, 0.1) is 6.92 Å². The van der Waals surface area contributed by atoms with E-state index in [1.165, 1.54) is 0 Å².